The summed E-state index contributed by atoms with van der Waals surface area (Å²) < 4.78 is 0. The molecule has 0 saturated carbocycles. The number of rotatable bonds is 5. The molecule has 2 nitrogen and oxygen atoms in total. The van der Waals surface area contributed by atoms with Gasteiger partial charge in [-0.3, -0.25) is 0 Å². The van der Waals surface area contributed by atoms with Crippen molar-refractivity contribution in [3.8, 4) is 0 Å². The van der Waals surface area contributed by atoms with E-state index in [0.717, 1.165) is 6.42 Å². The van der Waals surface area contributed by atoms with Gasteiger partial charge in [-0.15, -0.1) is 0 Å². The summed E-state index contributed by atoms with van der Waals surface area (Å²) in [5.74, 6) is 0. The fourth-order valence-corrected chi connectivity index (χ4v) is 2.58. The largest absolute Gasteiger partial charge is 0.304 e. The highest BCUT2D eigenvalue weighted by atomic mass is 15.2. The summed E-state index contributed by atoms with van der Waals surface area (Å²) in [5, 5.41) is 0. The van der Waals surface area contributed by atoms with E-state index < -0.39 is 0 Å². The van der Waals surface area contributed by atoms with Crippen LogP contribution in [0.2, 0.25) is 0 Å². The van der Waals surface area contributed by atoms with Crippen LogP contribution in [-0.4, -0.2) is 49.6 Å². The lowest BCUT2D eigenvalue weighted by molar-refractivity contribution is 0.153. The lowest BCUT2D eigenvalue weighted by Gasteiger charge is -2.32. The van der Waals surface area contributed by atoms with Gasteiger partial charge in [0.1, 0.15) is 0 Å². The molecule has 18 heavy (non-hydrogen) atoms. The number of piperazine rings is 1. The number of hydrogen-bond acceptors (Lipinski definition) is 2. The van der Waals surface area contributed by atoms with Gasteiger partial charge in [-0.1, -0.05) is 31.2 Å². The fraction of sp³-hybridized carbons (Fsp3) is 0.625. The molecule has 1 fully saturated rings. The maximum Gasteiger partial charge on any atom is 0.0110 e. The highest BCUT2D eigenvalue weighted by molar-refractivity contribution is 5.23. The Kier molecular flexibility index (Phi) is 5.21. The van der Waals surface area contributed by atoms with Crippen molar-refractivity contribution >= 4 is 0 Å². The first-order valence-corrected chi connectivity index (χ1v) is 7.26. The molecule has 0 aromatic heterocycles. The predicted molar refractivity (Wildman–Crippen MR) is 78.1 cm³/mol. The number of hydrogen-bond donors (Lipinski definition) is 0. The van der Waals surface area contributed by atoms with Gasteiger partial charge in [0.2, 0.25) is 0 Å². The van der Waals surface area contributed by atoms with Gasteiger partial charge in [-0.2, -0.15) is 0 Å². The summed E-state index contributed by atoms with van der Waals surface area (Å²) in [5.41, 5.74) is 2.97. The summed E-state index contributed by atoms with van der Waals surface area (Å²) in [6.07, 6.45) is 3.66. The van der Waals surface area contributed by atoms with Gasteiger partial charge in [0.05, 0.1) is 0 Å². The zero-order valence-electron chi connectivity index (χ0n) is 11.9. The summed E-state index contributed by atoms with van der Waals surface area (Å²) >= 11 is 0. The van der Waals surface area contributed by atoms with E-state index in [9.17, 15) is 0 Å². The minimum atomic E-state index is 1.15. The Morgan fingerprint density at radius 1 is 1.06 bits per heavy atom. The van der Waals surface area contributed by atoms with Crippen LogP contribution in [0.4, 0.5) is 0 Å². The van der Waals surface area contributed by atoms with Gasteiger partial charge < -0.3 is 9.80 Å². The fourth-order valence-electron chi connectivity index (χ4n) is 2.58. The van der Waals surface area contributed by atoms with Gasteiger partial charge in [0.25, 0.3) is 0 Å². The minimum Gasteiger partial charge on any atom is -0.304 e. The van der Waals surface area contributed by atoms with Crippen LogP contribution in [0.15, 0.2) is 24.3 Å². The van der Waals surface area contributed by atoms with Crippen LogP contribution < -0.4 is 0 Å². The van der Waals surface area contributed by atoms with E-state index in [0.29, 0.717) is 0 Å². The van der Waals surface area contributed by atoms with E-state index in [1.807, 2.05) is 0 Å². The van der Waals surface area contributed by atoms with E-state index in [4.69, 9.17) is 0 Å². The van der Waals surface area contributed by atoms with Crippen LogP contribution in [0.3, 0.4) is 0 Å². The minimum absolute atomic E-state index is 1.15. The van der Waals surface area contributed by atoms with Crippen LogP contribution in [0.1, 0.15) is 24.5 Å². The molecule has 1 aromatic rings. The Morgan fingerprint density at radius 2 is 1.78 bits per heavy atom. The molecule has 100 valence electrons. The van der Waals surface area contributed by atoms with Gasteiger partial charge in [-0.25, -0.2) is 0 Å². The van der Waals surface area contributed by atoms with Gasteiger partial charge in [0.15, 0.2) is 0 Å². The quantitative estimate of drug-likeness (QED) is 0.787. The number of likely N-dealkylation sites (N-methyl/N-ethyl adjacent to an activating group) is 1. The van der Waals surface area contributed by atoms with Gasteiger partial charge in [-0.05, 0) is 44.0 Å². The van der Waals surface area contributed by atoms with Gasteiger partial charge >= 0.3 is 0 Å². The number of benzene rings is 1. The molecule has 2 heteroatoms. The molecule has 1 aliphatic heterocycles. The Hall–Kier alpha value is -0.860. The summed E-state index contributed by atoms with van der Waals surface area (Å²) in [4.78, 5) is 5.02. The lowest BCUT2D eigenvalue weighted by Crippen LogP contribution is -2.44. The highest BCUT2D eigenvalue weighted by Gasteiger charge is 2.12. The first kappa shape index (κ1) is 13.6. The monoisotopic (exact) mass is 246 g/mol. The zero-order valence-corrected chi connectivity index (χ0v) is 11.9. The predicted octanol–water partition coefficient (Wildman–Crippen LogP) is 2.43. The van der Waals surface area contributed by atoms with Gasteiger partial charge in [0, 0.05) is 26.2 Å². The van der Waals surface area contributed by atoms with Crippen LogP contribution in [0.5, 0.6) is 0 Å². The number of aryl methyl sites for hydroxylation is 2. The molecule has 0 spiro atoms. The molecule has 2 rings (SSSR count). The summed E-state index contributed by atoms with van der Waals surface area (Å²) in [7, 11) is 2.22. The molecule has 1 aliphatic rings. The van der Waals surface area contributed by atoms with E-state index >= 15 is 0 Å². The van der Waals surface area contributed by atoms with Crippen LogP contribution in [0, 0.1) is 0 Å². The molecule has 1 heterocycles. The van der Waals surface area contributed by atoms with Crippen molar-refractivity contribution < 1.29 is 0 Å². The highest BCUT2D eigenvalue weighted by Crippen LogP contribution is 2.09. The van der Waals surface area contributed by atoms with E-state index in [2.05, 4.69) is 48.0 Å². The molecule has 0 radical (unpaired) electrons. The van der Waals surface area contributed by atoms with Crippen molar-refractivity contribution in [2.24, 2.45) is 0 Å². The molecular weight excluding hydrogens is 220 g/mol. The van der Waals surface area contributed by atoms with Crippen LogP contribution in [-0.2, 0) is 12.8 Å². The second kappa shape index (κ2) is 6.91. The Morgan fingerprint density at radius 3 is 2.50 bits per heavy atom. The molecular formula is C16H26N2. The summed E-state index contributed by atoms with van der Waals surface area (Å²) in [6, 6.07) is 9.06. The molecule has 0 N–H and O–H groups in total. The van der Waals surface area contributed by atoms with Crippen LogP contribution >= 0.6 is 0 Å². The zero-order chi connectivity index (χ0) is 12.8. The maximum atomic E-state index is 2.60. The topological polar surface area (TPSA) is 6.48 Å². The standard InChI is InChI=1S/C16H26N2/c1-3-15-6-4-7-16(14-15)8-5-9-18-12-10-17(2)11-13-18/h4,6-7,14H,3,5,8-13H2,1-2H3. The Balaban J connectivity index is 1.71. The van der Waals surface area contributed by atoms with E-state index in [1.54, 1.807) is 0 Å². The van der Waals surface area contributed by atoms with Crippen LogP contribution in [0.25, 0.3) is 0 Å². The molecule has 0 bridgehead atoms. The first-order valence-electron chi connectivity index (χ1n) is 7.26. The second-order valence-electron chi connectivity index (χ2n) is 5.42. The maximum absolute atomic E-state index is 2.60. The molecule has 0 atom stereocenters. The molecule has 1 saturated heterocycles. The molecule has 0 unspecified atom stereocenters. The SMILES string of the molecule is CCc1cccc(CCCN2CCN(C)CC2)c1. The lowest BCUT2D eigenvalue weighted by atomic mass is 10.0. The van der Waals surface area contributed by atoms with Crippen molar-refractivity contribution in [1.82, 2.24) is 9.80 Å². The third kappa shape index (κ3) is 4.11. The molecule has 1 aromatic carbocycles. The van der Waals surface area contributed by atoms with E-state index in [1.165, 1.54) is 56.7 Å². The first-order chi connectivity index (χ1) is 8.78. The normalized spacial score (nSPS) is 18.1. The third-order valence-corrected chi connectivity index (χ3v) is 3.94. The summed E-state index contributed by atoms with van der Waals surface area (Å²) in [6.45, 7) is 8.42. The average Bonchev–Trinajstić information content (AvgIpc) is 2.41. The number of nitrogens with zero attached hydrogens (tertiary/aromatic N) is 2. The Bertz CT molecular complexity index is 354. The van der Waals surface area contributed by atoms with Crippen molar-refractivity contribution in [2.75, 3.05) is 39.8 Å². The van der Waals surface area contributed by atoms with Crippen molar-refractivity contribution in [3.05, 3.63) is 35.4 Å². The Labute approximate surface area is 112 Å². The van der Waals surface area contributed by atoms with Crippen molar-refractivity contribution in [3.63, 3.8) is 0 Å². The average molecular weight is 246 g/mol. The van der Waals surface area contributed by atoms with Crippen molar-refractivity contribution in [2.45, 2.75) is 26.2 Å². The molecule has 0 aliphatic carbocycles. The molecule has 0 amide bonds. The second-order valence-corrected chi connectivity index (χ2v) is 5.42. The van der Waals surface area contributed by atoms with Crippen molar-refractivity contribution in [1.29, 1.82) is 0 Å². The third-order valence-electron chi connectivity index (χ3n) is 3.94. The van der Waals surface area contributed by atoms with E-state index in [-0.39, 0.29) is 0 Å². The smallest absolute Gasteiger partial charge is 0.0110 e.